The molecule has 0 spiro atoms. The van der Waals surface area contributed by atoms with Crippen LogP contribution >= 0.6 is 36.6 Å². The molecule has 1 heterocycles. The Bertz CT molecular complexity index is 390. The van der Waals surface area contributed by atoms with Gasteiger partial charge in [0.1, 0.15) is 11.2 Å². The smallest absolute Gasteiger partial charge is 0.183 e. The normalized spacial score (nSPS) is 8.14. The maximum absolute atomic E-state index is 7.18. The zero-order valence-corrected chi connectivity index (χ0v) is 16.2. The molecule has 0 atom stereocenters. The van der Waals surface area contributed by atoms with Gasteiger partial charge in [0, 0.05) is 12.1 Å². The predicted octanol–water partition coefficient (Wildman–Crippen LogP) is 3.00. The van der Waals surface area contributed by atoms with Gasteiger partial charge in [0.2, 0.25) is 0 Å². The highest BCUT2D eigenvalue weighted by atomic mass is 127. The quantitative estimate of drug-likeness (QED) is 0.124. The lowest BCUT2D eigenvalue weighted by Gasteiger charge is -1.96. The number of rotatable bonds is 5. The number of thiocyanates is 1. The molecule has 0 bridgehead atoms. The summed E-state index contributed by atoms with van der Waals surface area (Å²) < 4.78 is 0. The summed E-state index contributed by atoms with van der Waals surface area (Å²) in [6.45, 7) is 6.38. The van der Waals surface area contributed by atoms with Crippen molar-refractivity contribution in [2.45, 2.75) is 52.9 Å². The molecule has 0 saturated heterocycles. The molecule has 0 aromatic carbocycles. The Labute approximate surface area is 150 Å². The van der Waals surface area contributed by atoms with Crippen LogP contribution in [0.15, 0.2) is 0 Å². The highest BCUT2D eigenvalue weighted by Gasteiger charge is 2.00. The minimum Gasteiger partial charge on any atom is -0.370 e. The van der Waals surface area contributed by atoms with E-state index in [1.807, 2.05) is 0 Å². The molecule has 1 aromatic rings. The topological polar surface area (TPSA) is 128 Å². The molecule has 0 amide bonds. The summed E-state index contributed by atoms with van der Waals surface area (Å²) in [7, 11) is 0. The molecule has 6 nitrogen and oxygen atoms in total. The van der Waals surface area contributed by atoms with Crippen molar-refractivity contribution in [1.82, 2.24) is 9.97 Å². The third-order valence-corrected chi connectivity index (χ3v) is 2.44. The molecule has 0 aliphatic heterocycles. The van der Waals surface area contributed by atoms with Crippen LogP contribution in [0.2, 0.25) is 0 Å². The number of aromatic amines is 1. The number of aryl methyl sites for hydroxylation is 3. The molecule has 0 unspecified atom stereocenters. The monoisotopic (exact) mass is 426 g/mol. The molecule has 21 heavy (non-hydrogen) atoms. The van der Waals surface area contributed by atoms with E-state index in [0.29, 0.717) is 0 Å². The first-order valence-corrected chi connectivity index (χ1v) is 6.98. The SMILES string of the molecule is CCCCCCc1nc(C)c(C)[nH]1.I.N#CS.N=C(N)N. The minimum absolute atomic E-state index is 0. The van der Waals surface area contributed by atoms with E-state index in [2.05, 4.69) is 54.8 Å². The third kappa shape index (κ3) is 19.0. The van der Waals surface area contributed by atoms with E-state index in [-0.39, 0.29) is 29.9 Å². The van der Waals surface area contributed by atoms with Gasteiger partial charge >= 0.3 is 0 Å². The van der Waals surface area contributed by atoms with Crippen molar-refractivity contribution >= 4 is 42.6 Å². The van der Waals surface area contributed by atoms with Gasteiger partial charge in [0.05, 0.1) is 5.69 Å². The Morgan fingerprint density at radius 1 is 1.33 bits per heavy atom. The highest BCUT2D eigenvalue weighted by molar-refractivity contribution is 14.0. The number of nitrogens with one attached hydrogen (secondary N) is 2. The lowest BCUT2D eigenvalue weighted by Crippen LogP contribution is -2.20. The van der Waals surface area contributed by atoms with Gasteiger partial charge in [-0.1, -0.05) is 38.8 Å². The number of aromatic nitrogens is 2. The molecule has 1 aromatic heterocycles. The summed E-state index contributed by atoms with van der Waals surface area (Å²) >= 11 is 3.09. The van der Waals surface area contributed by atoms with Crippen LogP contribution in [0.4, 0.5) is 0 Å². The van der Waals surface area contributed by atoms with Crippen molar-refractivity contribution in [1.29, 1.82) is 10.7 Å². The Hall–Kier alpha value is -0.950. The van der Waals surface area contributed by atoms with Crippen molar-refractivity contribution in [2.24, 2.45) is 11.5 Å². The number of imidazole rings is 1. The second kappa shape index (κ2) is 17.1. The highest BCUT2D eigenvalue weighted by Crippen LogP contribution is 2.07. The zero-order valence-electron chi connectivity index (χ0n) is 12.9. The molecular formula is C13H27IN6S. The van der Waals surface area contributed by atoms with E-state index in [4.69, 9.17) is 10.7 Å². The van der Waals surface area contributed by atoms with Crippen molar-refractivity contribution < 1.29 is 0 Å². The number of nitrogens with zero attached hydrogens (tertiary/aromatic N) is 2. The standard InChI is InChI=1S/C11H20N2.CH5N3.CHNS.HI/c1-4-5-6-7-8-11-12-9(2)10(3)13-11;2-1(3)4;2-1-3;/h4-8H2,1-3H3,(H,12,13);(H5,2,3,4);3H;1H. The number of nitrogens with two attached hydrogens (primary N) is 2. The molecule has 1 rings (SSSR count). The van der Waals surface area contributed by atoms with E-state index in [1.54, 1.807) is 0 Å². The Balaban J connectivity index is -0.000000344. The lowest BCUT2D eigenvalue weighted by atomic mass is 10.1. The average molecular weight is 426 g/mol. The van der Waals surface area contributed by atoms with Gasteiger partial charge in [-0.2, -0.15) is 5.26 Å². The number of halogens is 1. The number of H-pyrrole nitrogens is 1. The number of hydrogen-bond donors (Lipinski definition) is 5. The number of thiol groups is 1. The fourth-order valence-electron chi connectivity index (χ4n) is 1.46. The lowest BCUT2D eigenvalue weighted by molar-refractivity contribution is 0.655. The summed E-state index contributed by atoms with van der Waals surface area (Å²) in [6.07, 6.45) is 6.35. The van der Waals surface area contributed by atoms with Crippen LogP contribution in [0, 0.1) is 29.9 Å². The van der Waals surface area contributed by atoms with Crippen LogP contribution in [-0.4, -0.2) is 15.9 Å². The Morgan fingerprint density at radius 3 is 2.14 bits per heavy atom. The first-order chi connectivity index (χ1) is 9.38. The number of nitriles is 1. The van der Waals surface area contributed by atoms with Gasteiger partial charge in [-0.05, 0) is 20.3 Å². The molecule has 8 heteroatoms. The molecule has 0 aliphatic rings. The minimum atomic E-state index is -0.333. The van der Waals surface area contributed by atoms with E-state index in [9.17, 15) is 0 Å². The largest absolute Gasteiger partial charge is 0.370 e. The van der Waals surface area contributed by atoms with Gasteiger partial charge in [-0.15, -0.1) is 24.0 Å². The molecular weight excluding hydrogens is 399 g/mol. The summed E-state index contributed by atoms with van der Waals surface area (Å²) in [4.78, 5) is 7.76. The van der Waals surface area contributed by atoms with Crippen LogP contribution in [0.1, 0.15) is 49.8 Å². The van der Waals surface area contributed by atoms with Crippen LogP contribution < -0.4 is 11.5 Å². The number of hydrogen-bond acceptors (Lipinski definition) is 4. The first kappa shape index (κ1) is 25.0. The van der Waals surface area contributed by atoms with E-state index >= 15 is 0 Å². The summed E-state index contributed by atoms with van der Waals surface area (Å²) in [6, 6.07) is 0. The molecule has 0 radical (unpaired) electrons. The molecule has 0 saturated carbocycles. The molecule has 0 aliphatic carbocycles. The van der Waals surface area contributed by atoms with Crippen molar-refractivity contribution in [3.63, 3.8) is 0 Å². The molecule has 0 fully saturated rings. The van der Waals surface area contributed by atoms with Crippen molar-refractivity contribution in [2.75, 3.05) is 0 Å². The summed E-state index contributed by atoms with van der Waals surface area (Å²) in [5.41, 5.74) is 11.3. The third-order valence-electron chi connectivity index (χ3n) is 2.44. The van der Waals surface area contributed by atoms with Gasteiger partial charge in [0.15, 0.2) is 5.96 Å². The van der Waals surface area contributed by atoms with Gasteiger partial charge in [-0.25, -0.2) is 4.98 Å². The van der Waals surface area contributed by atoms with Gasteiger partial charge < -0.3 is 16.5 Å². The van der Waals surface area contributed by atoms with E-state index in [0.717, 1.165) is 17.9 Å². The van der Waals surface area contributed by atoms with Crippen LogP contribution in [-0.2, 0) is 6.42 Å². The first-order valence-electron chi connectivity index (χ1n) is 6.53. The van der Waals surface area contributed by atoms with Crippen LogP contribution in [0.25, 0.3) is 0 Å². The van der Waals surface area contributed by atoms with E-state index < -0.39 is 0 Å². The molecule has 122 valence electrons. The average Bonchev–Trinajstić information content (AvgIpc) is 2.65. The summed E-state index contributed by atoms with van der Waals surface area (Å²) in [5.74, 6) is 0.825. The Kier molecular flexibility index (Phi) is 20.4. The predicted molar refractivity (Wildman–Crippen MR) is 102 cm³/mol. The summed E-state index contributed by atoms with van der Waals surface area (Å²) in [5, 5.41) is 14.7. The second-order valence-corrected chi connectivity index (χ2v) is 4.46. The zero-order chi connectivity index (χ0) is 16.0. The fraction of sp³-hybridized carbons (Fsp3) is 0.615. The fourth-order valence-corrected chi connectivity index (χ4v) is 1.46. The van der Waals surface area contributed by atoms with Crippen LogP contribution in [0.3, 0.4) is 0 Å². The van der Waals surface area contributed by atoms with Gasteiger partial charge in [0.25, 0.3) is 0 Å². The van der Waals surface area contributed by atoms with Crippen LogP contribution in [0.5, 0.6) is 0 Å². The number of unbranched alkanes of at least 4 members (excludes halogenated alkanes) is 3. The second-order valence-electron chi connectivity index (χ2n) is 4.26. The maximum Gasteiger partial charge on any atom is 0.183 e. The molecule has 6 N–H and O–H groups in total. The van der Waals surface area contributed by atoms with Crippen molar-refractivity contribution in [3.8, 4) is 5.40 Å². The van der Waals surface area contributed by atoms with Gasteiger partial charge in [-0.3, -0.25) is 5.41 Å². The Morgan fingerprint density at radius 2 is 1.81 bits per heavy atom. The van der Waals surface area contributed by atoms with Crippen molar-refractivity contribution in [3.05, 3.63) is 17.2 Å². The van der Waals surface area contributed by atoms with E-state index in [1.165, 1.54) is 36.8 Å². The maximum atomic E-state index is 7.18. The number of guanidine groups is 1.